The number of nitrogens with zero attached hydrogens (tertiary/aromatic N) is 3. The predicted octanol–water partition coefficient (Wildman–Crippen LogP) is 4.03. The van der Waals surface area contributed by atoms with Gasteiger partial charge in [-0.2, -0.15) is 18.3 Å². The van der Waals surface area contributed by atoms with Crippen molar-refractivity contribution >= 4 is 0 Å². The van der Waals surface area contributed by atoms with E-state index in [0.717, 1.165) is 29.9 Å². The van der Waals surface area contributed by atoms with Gasteiger partial charge in [-0.3, -0.25) is 14.8 Å². The van der Waals surface area contributed by atoms with Crippen LogP contribution < -0.4 is 5.56 Å². The first-order valence-corrected chi connectivity index (χ1v) is 10.1. The molecule has 31 heavy (non-hydrogen) atoms. The summed E-state index contributed by atoms with van der Waals surface area (Å²) < 4.78 is 38.5. The average molecular weight is 431 g/mol. The minimum atomic E-state index is -4.37. The minimum absolute atomic E-state index is 0.116. The number of fused-ring (bicyclic) bond motifs is 1. The Morgan fingerprint density at radius 2 is 1.84 bits per heavy atom. The van der Waals surface area contributed by atoms with Gasteiger partial charge in [0.25, 0.3) is 5.56 Å². The van der Waals surface area contributed by atoms with Crippen LogP contribution in [0.15, 0.2) is 35.3 Å². The van der Waals surface area contributed by atoms with E-state index in [2.05, 4.69) is 25.1 Å². The molecule has 3 heterocycles. The van der Waals surface area contributed by atoms with Gasteiger partial charge in [-0.05, 0) is 17.7 Å². The fraction of sp³-hybridized carbons (Fsp3) is 0.409. The molecule has 1 aliphatic rings. The van der Waals surface area contributed by atoms with E-state index in [1.165, 1.54) is 12.1 Å². The zero-order valence-electron chi connectivity index (χ0n) is 17.6. The maximum Gasteiger partial charge on any atom is 0.416 e. The van der Waals surface area contributed by atoms with E-state index >= 15 is 0 Å². The third-order valence-electron chi connectivity index (χ3n) is 5.47. The third-order valence-corrected chi connectivity index (χ3v) is 5.47. The van der Waals surface area contributed by atoms with Gasteiger partial charge in [-0.25, -0.2) is 4.98 Å². The Bertz CT molecular complexity index is 1140. The van der Waals surface area contributed by atoms with Crippen LogP contribution in [0, 0.1) is 0 Å². The van der Waals surface area contributed by atoms with Crippen molar-refractivity contribution < 1.29 is 13.2 Å². The Balaban J connectivity index is 1.54. The first kappa shape index (κ1) is 21.3. The number of halogens is 3. The normalized spacial score (nSPS) is 15.2. The molecule has 2 aromatic heterocycles. The van der Waals surface area contributed by atoms with Crippen molar-refractivity contribution in [1.82, 2.24) is 25.1 Å². The second kappa shape index (κ2) is 7.64. The van der Waals surface area contributed by atoms with Crippen LogP contribution in [0.1, 0.15) is 49.0 Å². The number of hydrogen-bond acceptors (Lipinski definition) is 4. The van der Waals surface area contributed by atoms with Crippen molar-refractivity contribution in [3.05, 3.63) is 69.0 Å². The Hall–Kier alpha value is -2.94. The van der Waals surface area contributed by atoms with E-state index in [-0.39, 0.29) is 11.0 Å². The van der Waals surface area contributed by atoms with Crippen molar-refractivity contribution in [2.75, 3.05) is 6.54 Å². The van der Waals surface area contributed by atoms with E-state index in [9.17, 15) is 18.0 Å². The molecule has 4 rings (SSSR count). The van der Waals surface area contributed by atoms with Gasteiger partial charge in [-0.15, -0.1) is 0 Å². The lowest BCUT2D eigenvalue weighted by molar-refractivity contribution is -0.137. The molecule has 0 atom stereocenters. The number of alkyl halides is 3. The number of aromatic nitrogens is 4. The first-order chi connectivity index (χ1) is 14.5. The molecule has 6 nitrogen and oxygen atoms in total. The van der Waals surface area contributed by atoms with Gasteiger partial charge in [0.2, 0.25) is 0 Å². The lowest BCUT2D eigenvalue weighted by atomic mass is 9.95. The van der Waals surface area contributed by atoms with Gasteiger partial charge >= 0.3 is 6.18 Å². The summed E-state index contributed by atoms with van der Waals surface area (Å²) in [5.41, 5.74) is 2.62. The fourth-order valence-corrected chi connectivity index (χ4v) is 3.72. The molecule has 0 saturated heterocycles. The zero-order valence-corrected chi connectivity index (χ0v) is 17.6. The number of rotatable bonds is 3. The molecule has 0 spiro atoms. The average Bonchev–Trinajstić information content (AvgIpc) is 3.15. The van der Waals surface area contributed by atoms with Crippen LogP contribution in [-0.4, -0.2) is 31.6 Å². The van der Waals surface area contributed by atoms with Gasteiger partial charge in [0.1, 0.15) is 5.82 Å². The van der Waals surface area contributed by atoms with Crippen LogP contribution in [0.2, 0.25) is 0 Å². The summed E-state index contributed by atoms with van der Waals surface area (Å²) in [5, 5.41) is 6.97. The maximum atomic E-state index is 12.8. The Kier molecular flexibility index (Phi) is 5.25. The molecule has 0 radical (unpaired) electrons. The highest BCUT2D eigenvalue weighted by molar-refractivity contribution is 5.63. The zero-order chi connectivity index (χ0) is 22.4. The van der Waals surface area contributed by atoms with Crippen LogP contribution in [0.3, 0.4) is 0 Å². The molecule has 0 bridgehead atoms. The smallest absolute Gasteiger partial charge is 0.310 e. The monoisotopic (exact) mass is 431 g/mol. The van der Waals surface area contributed by atoms with Gasteiger partial charge in [0, 0.05) is 37.0 Å². The molecular weight excluding hydrogens is 407 g/mol. The van der Waals surface area contributed by atoms with Crippen LogP contribution in [0.25, 0.3) is 11.3 Å². The molecule has 1 aromatic carbocycles. The summed E-state index contributed by atoms with van der Waals surface area (Å²) in [6, 6.07) is 5.01. The molecule has 9 heteroatoms. The molecule has 164 valence electrons. The van der Waals surface area contributed by atoms with E-state index in [0.29, 0.717) is 42.2 Å². The molecule has 0 aliphatic carbocycles. The predicted molar refractivity (Wildman–Crippen MR) is 110 cm³/mol. The van der Waals surface area contributed by atoms with E-state index in [1.807, 2.05) is 20.8 Å². The molecule has 1 aliphatic heterocycles. The molecule has 0 unspecified atom stereocenters. The number of aromatic amines is 2. The highest BCUT2D eigenvalue weighted by Gasteiger charge is 2.30. The molecule has 3 aromatic rings. The quantitative estimate of drug-likeness (QED) is 0.656. The fourth-order valence-electron chi connectivity index (χ4n) is 3.72. The molecule has 0 fully saturated rings. The Morgan fingerprint density at radius 1 is 1.13 bits per heavy atom. The molecular formula is C22H24F3N5O. The van der Waals surface area contributed by atoms with Crippen LogP contribution >= 0.6 is 0 Å². The second-order valence-corrected chi connectivity index (χ2v) is 8.90. The van der Waals surface area contributed by atoms with Crippen molar-refractivity contribution in [3.8, 4) is 11.3 Å². The number of hydrogen-bond donors (Lipinski definition) is 2. The van der Waals surface area contributed by atoms with Gasteiger partial charge in [0.05, 0.1) is 28.7 Å². The number of nitrogens with one attached hydrogen (secondary N) is 2. The van der Waals surface area contributed by atoms with Gasteiger partial charge in [-0.1, -0.05) is 32.9 Å². The molecule has 2 N–H and O–H groups in total. The highest BCUT2D eigenvalue weighted by Crippen LogP contribution is 2.31. The summed E-state index contributed by atoms with van der Waals surface area (Å²) in [6.45, 7) is 7.73. The summed E-state index contributed by atoms with van der Waals surface area (Å²) in [4.78, 5) is 22.4. The third kappa shape index (κ3) is 4.41. The van der Waals surface area contributed by atoms with E-state index < -0.39 is 11.7 Å². The van der Waals surface area contributed by atoms with Crippen molar-refractivity contribution in [2.45, 2.75) is 51.9 Å². The number of benzene rings is 1. The SMILES string of the molecule is CC(C)(C)c1nc2c(c(=O)[nH]1)CN(Cc1cn[nH]c1-c1ccc(C(F)(F)F)cc1)CC2. The van der Waals surface area contributed by atoms with Crippen LogP contribution in [-0.2, 0) is 31.1 Å². The summed E-state index contributed by atoms with van der Waals surface area (Å²) in [7, 11) is 0. The lowest BCUT2D eigenvalue weighted by Crippen LogP contribution is -2.37. The Labute approximate surface area is 177 Å². The standard InChI is InChI=1S/C22H24F3N5O/c1-21(2,3)20-27-17-8-9-30(12-16(17)19(31)28-20)11-14-10-26-29-18(14)13-4-6-15(7-5-13)22(23,24)25/h4-7,10H,8-9,11-12H2,1-3H3,(H,26,29)(H,27,28,31). The van der Waals surface area contributed by atoms with Crippen molar-refractivity contribution in [3.63, 3.8) is 0 Å². The van der Waals surface area contributed by atoms with Crippen molar-refractivity contribution in [2.24, 2.45) is 0 Å². The number of H-pyrrole nitrogens is 2. The second-order valence-electron chi connectivity index (χ2n) is 8.90. The summed E-state index contributed by atoms with van der Waals surface area (Å²) in [5.74, 6) is 0.684. The minimum Gasteiger partial charge on any atom is -0.310 e. The maximum absolute atomic E-state index is 12.8. The summed E-state index contributed by atoms with van der Waals surface area (Å²) in [6.07, 6.45) is -2.03. The lowest BCUT2D eigenvalue weighted by Gasteiger charge is -2.28. The Morgan fingerprint density at radius 3 is 2.48 bits per heavy atom. The highest BCUT2D eigenvalue weighted by atomic mass is 19.4. The van der Waals surface area contributed by atoms with Crippen LogP contribution in [0.5, 0.6) is 0 Å². The van der Waals surface area contributed by atoms with E-state index in [4.69, 9.17) is 0 Å². The van der Waals surface area contributed by atoms with Crippen molar-refractivity contribution in [1.29, 1.82) is 0 Å². The first-order valence-electron chi connectivity index (χ1n) is 10.1. The largest absolute Gasteiger partial charge is 0.416 e. The van der Waals surface area contributed by atoms with Crippen LogP contribution in [0.4, 0.5) is 13.2 Å². The molecule has 0 saturated carbocycles. The van der Waals surface area contributed by atoms with Gasteiger partial charge in [0.15, 0.2) is 0 Å². The topological polar surface area (TPSA) is 77.7 Å². The van der Waals surface area contributed by atoms with E-state index in [1.54, 1.807) is 6.20 Å². The summed E-state index contributed by atoms with van der Waals surface area (Å²) >= 11 is 0. The van der Waals surface area contributed by atoms with Gasteiger partial charge < -0.3 is 4.98 Å². The molecule has 0 amide bonds.